The quantitative estimate of drug-likeness (QED) is 0.877. The minimum absolute atomic E-state index is 0.531. The number of hydrogen-bond acceptors (Lipinski definition) is 4. The fourth-order valence-electron chi connectivity index (χ4n) is 3.54. The van der Waals surface area contributed by atoms with Crippen LogP contribution in [-0.2, 0) is 11.3 Å². The van der Waals surface area contributed by atoms with Crippen LogP contribution >= 0.6 is 0 Å². The number of rotatable bonds is 6. The van der Waals surface area contributed by atoms with Gasteiger partial charge in [-0.15, -0.1) is 0 Å². The van der Waals surface area contributed by atoms with Crippen molar-refractivity contribution in [2.24, 2.45) is 5.92 Å². The van der Waals surface area contributed by atoms with Gasteiger partial charge < -0.3 is 14.6 Å². The van der Waals surface area contributed by atoms with Crippen LogP contribution in [0.1, 0.15) is 57.7 Å². The molecule has 1 saturated carbocycles. The molecule has 5 nitrogen and oxygen atoms in total. The van der Waals surface area contributed by atoms with Gasteiger partial charge in [-0.05, 0) is 25.2 Å². The fourth-order valence-corrected chi connectivity index (χ4v) is 3.54. The summed E-state index contributed by atoms with van der Waals surface area (Å²) in [6, 6.07) is 0. The second kappa shape index (κ2) is 6.79. The van der Waals surface area contributed by atoms with Crippen LogP contribution in [0.3, 0.4) is 0 Å². The number of aliphatic hydroxyl groups is 1. The number of aryl methyl sites for hydroxylation is 1. The summed E-state index contributed by atoms with van der Waals surface area (Å²) in [6.45, 7) is 5.09. The summed E-state index contributed by atoms with van der Waals surface area (Å²) in [4.78, 5) is 0. The molecule has 3 atom stereocenters. The predicted octanol–water partition coefficient (Wildman–Crippen LogP) is 2.93. The number of ether oxygens (including phenoxy) is 2. The number of hydrogen-bond donors (Lipinski definition) is 1. The third-order valence-electron chi connectivity index (χ3n) is 4.65. The highest BCUT2D eigenvalue weighted by molar-refractivity contribution is 5.29. The molecule has 1 aliphatic rings. The van der Waals surface area contributed by atoms with Crippen molar-refractivity contribution in [1.29, 1.82) is 0 Å². The maximum atomic E-state index is 11.1. The zero-order valence-electron chi connectivity index (χ0n) is 13.6. The van der Waals surface area contributed by atoms with Crippen molar-refractivity contribution in [2.75, 3.05) is 14.2 Å². The highest BCUT2D eigenvalue weighted by Gasteiger charge is 2.44. The first kappa shape index (κ1) is 16.3. The van der Waals surface area contributed by atoms with E-state index >= 15 is 0 Å². The molecule has 0 spiro atoms. The van der Waals surface area contributed by atoms with Crippen molar-refractivity contribution < 1.29 is 14.6 Å². The summed E-state index contributed by atoms with van der Waals surface area (Å²) in [5.74, 6) is 1.20. The van der Waals surface area contributed by atoms with Gasteiger partial charge in [-0.25, -0.2) is 0 Å². The largest absolute Gasteiger partial charge is 0.493 e. The molecule has 3 unspecified atom stereocenters. The highest BCUT2D eigenvalue weighted by atomic mass is 16.5. The van der Waals surface area contributed by atoms with Crippen molar-refractivity contribution in [3.63, 3.8) is 0 Å². The Labute approximate surface area is 127 Å². The lowest BCUT2D eigenvalue weighted by Crippen LogP contribution is -2.43. The molecule has 0 bridgehead atoms. The van der Waals surface area contributed by atoms with E-state index in [2.05, 4.69) is 18.9 Å². The van der Waals surface area contributed by atoms with Crippen molar-refractivity contribution in [3.05, 3.63) is 11.9 Å². The molecule has 1 aromatic rings. The van der Waals surface area contributed by atoms with E-state index in [4.69, 9.17) is 9.47 Å². The Morgan fingerprint density at radius 3 is 2.86 bits per heavy atom. The molecule has 1 fully saturated rings. The second-order valence-corrected chi connectivity index (χ2v) is 6.19. The summed E-state index contributed by atoms with van der Waals surface area (Å²) in [5, 5.41) is 15.4. The first-order chi connectivity index (χ1) is 10.1. The minimum Gasteiger partial charge on any atom is -0.493 e. The van der Waals surface area contributed by atoms with Crippen LogP contribution < -0.4 is 4.74 Å². The Morgan fingerprint density at radius 1 is 1.52 bits per heavy atom. The molecule has 120 valence electrons. The molecule has 21 heavy (non-hydrogen) atoms. The van der Waals surface area contributed by atoms with Gasteiger partial charge in [0.15, 0.2) is 5.75 Å². The lowest BCUT2D eigenvalue weighted by atomic mass is 9.74. The summed E-state index contributed by atoms with van der Waals surface area (Å²) >= 11 is 0. The summed E-state index contributed by atoms with van der Waals surface area (Å²) in [7, 11) is 3.32. The van der Waals surface area contributed by atoms with Gasteiger partial charge in [0, 0.05) is 13.7 Å². The zero-order chi connectivity index (χ0) is 15.5. The van der Waals surface area contributed by atoms with E-state index in [1.165, 1.54) is 6.42 Å². The van der Waals surface area contributed by atoms with E-state index in [9.17, 15) is 5.11 Å². The molecule has 1 aliphatic carbocycles. The Morgan fingerprint density at radius 2 is 2.29 bits per heavy atom. The molecule has 5 heteroatoms. The number of aromatic nitrogens is 2. The van der Waals surface area contributed by atoms with E-state index in [0.717, 1.165) is 37.9 Å². The summed E-state index contributed by atoms with van der Waals surface area (Å²) in [5.41, 5.74) is 0.214. The van der Waals surface area contributed by atoms with Crippen LogP contribution in [-0.4, -0.2) is 34.7 Å². The average Bonchev–Trinajstić information content (AvgIpc) is 2.89. The molecule has 0 aliphatic heterocycles. The van der Waals surface area contributed by atoms with Crippen molar-refractivity contribution in [1.82, 2.24) is 9.78 Å². The van der Waals surface area contributed by atoms with Gasteiger partial charge in [0.2, 0.25) is 0 Å². The van der Waals surface area contributed by atoms with Crippen molar-refractivity contribution in [3.8, 4) is 5.75 Å². The molecule has 0 radical (unpaired) electrons. The summed E-state index contributed by atoms with van der Waals surface area (Å²) in [6.07, 6.45) is 5.94. The molecule has 0 amide bonds. The van der Waals surface area contributed by atoms with Crippen LogP contribution in [0.15, 0.2) is 6.20 Å². The lowest BCUT2D eigenvalue weighted by molar-refractivity contribution is -0.137. The molecule has 1 heterocycles. The predicted molar refractivity (Wildman–Crippen MR) is 81.4 cm³/mol. The van der Waals surface area contributed by atoms with Gasteiger partial charge in [0.05, 0.1) is 18.9 Å². The maximum absolute atomic E-state index is 11.1. The minimum atomic E-state index is -0.714. The standard InChI is InChI=1S/C16H28N2O3/c1-5-9-18-14(13(20-3)11-17-18)15(19)16(21-4)8-6-7-12(2)10-16/h11-12,15,19H,5-10H2,1-4H3. The zero-order valence-corrected chi connectivity index (χ0v) is 13.6. The molecule has 1 N–H and O–H groups in total. The van der Waals surface area contributed by atoms with Gasteiger partial charge in [-0.2, -0.15) is 5.10 Å². The van der Waals surface area contributed by atoms with Crippen LogP contribution in [0, 0.1) is 5.92 Å². The molecule has 0 saturated heterocycles. The van der Waals surface area contributed by atoms with Crippen LogP contribution in [0.2, 0.25) is 0 Å². The Balaban J connectivity index is 2.36. The van der Waals surface area contributed by atoms with Crippen molar-refractivity contribution >= 4 is 0 Å². The van der Waals surface area contributed by atoms with E-state index in [0.29, 0.717) is 11.7 Å². The van der Waals surface area contributed by atoms with Gasteiger partial charge in [-0.3, -0.25) is 4.68 Å². The molecule has 0 aromatic carbocycles. The smallest absolute Gasteiger partial charge is 0.162 e. The Kier molecular flexibility index (Phi) is 5.27. The molecule has 2 rings (SSSR count). The van der Waals surface area contributed by atoms with Crippen LogP contribution in [0.4, 0.5) is 0 Å². The third-order valence-corrected chi connectivity index (χ3v) is 4.65. The number of methoxy groups -OCH3 is 2. The second-order valence-electron chi connectivity index (χ2n) is 6.19. The van der Waals surface area contributed by atoms with E-state index in [1.54, 1.807) is 20.4 Å². The van der Waals surface area contributed by atoms with Crippen LogP contribution in [0.25, 0.3) is 0 Å². The lowest BCUT2D eigenvalue weighted by Gasteiger charge is -2.42. The van der Waals surface area contributed by atoms with Crippen molar-refractivity contribution in [2.45, 2.75) is 64.2 Å². The Bertz CT molecular complexity index is 460. The normalized spacial score (nSPS) is 27.6. The first-order valence-corrected chi connectivity index (χ1v) is 7.91. The fraction of sp³-hybridized carbons (Fsp3) is 0.812. The van der Waals surface area contributed by atoms with Crippen LogP contribution in [0.5, 0.6) is 5.75 Å². The van der Waals surface area contributed by atoms with Gasteiger partial charge >= 0.3 is 0 Å². The van der Waals surface area contributed by atoms with E-state index < -0.39 is 11.7 Å². The summed E-state index contributed by atoms with van der Waals surface area (Å²) < 4.78 is 13.1. The van der Waals surface area contributed by atoms with Gasteiger partial charge in [-0.1, -0.05) is 26.7 Å². The van der Waals surface area contributed by atoms with E-state index in [1.807, 2.05) is 4.68 Å². The highest BCUT2D eigenvalue weighted by Crippen LogP contribution is 2.45. The number of nitrogens with zero attached hydrogens (tertiary/aromatic N) is 2. The van der Waals surface area contributed by atoms with E-state index in [-0.39, 0.29) is 0 Å². The average molecular weight is 296 g/mol. The molecular formula is C16H28N2O3. The number of aliphatic hydroxyl groups excluding tert-OH is 1. The maximum Gasteiger partial charge on any atom is 0.162 e. The molecule has 1 aromatic heterocycles. The van der Waals surface area contributed by atoms with Gasteiger partial charge in [0.1, 0.15) is 11.8 Å². The monoisotopic (exact) mass is 296 g/mol. The topological polar surface area (TPSA) is 56.5 Å². The third kappa shape index (κ3) is 3.09. The van der Waals surface area contributed by atoms with Gasteiger partial charge in [0.25, 0.3) is 0 Å². The Hall–Kier alpha value is -1.07. The first-order valence-electron chi connectivity index (χ1n) is 7.91. The molecular weight excluding hydrogens is 268 g/mol. The SMILES string of the molecule is CCCn1ncc(OC)c1C(O)C1(OC)CCCC(C)C1.